The van der Waals surface area contributed by atoms with Crippen LogP contribution in [0.25, 0.3) is 0 Å². The molecular weight excluding hydrogens is 388 g/mol. The zero-order valence-corrected chi connectivity index (χ0v) is 16.1. The van der Waals surface area contributed by atoms with Crippen LogP contribution in [-0.4, -0.2) is 64.3 Å². The lowest BCUT2D eigenvalue weighted by atomic mass is 10.1. The smallest absolute Gasteiger partial charge is 0.327 e. The molecule has 0 aromatic heterocycles. The van der Waals surface area contributed by atoms with Gasteiger partial charge in [0.05, 0.1) is 12.6 Å². The van der Waals surface area contributed by atoms with Gasteiger partial charge in [0.15, 0.2) is 0 Å². The largest absolute Gasteiger partial charge is 0.508 e. The van der Waals surface area contributed by atoms with Crippen molar-refractivity contribution in [3.8, 4) is 5.75 Å². The summed E-state index contributed by atoms with van der Waals surface area (Å²) in [6.07, 6.45) is 0.215. The molecule has 10 nitrogen and oxygen atoms in total. The molecule has 0 heterocycles. The van der Waals surface area contributed by atoms with Crippen LogP contribution in [0.15, 0.2) is 24.3 Å². The molecule has 3 unspecified atom stereocenters. The Hall–Kier alpha value is -2.79. The van der Waals surface area contributed by atoms with Gasteiger partial charge in [-0.15, -0.1) is 0 Å². The van der Waals surface area contributed by atoms with Crippen LogP contribution in [0.1, 0.15) is 12.5 Å². The molecular formula is C17H24N4O6S. The van der Waals surface area contributed by atoms with Crippen LogP contribution in [0.4, 0.5) is 0 Å². The van der Waals surface area contributed by atoms with E-state index in [0.717, 1.165) is 5.56 Å². The van der Waals surface area contributed by atoms with Gasteiger partial charge >= 0.3 is 5.97 Å². The first-order valence-electron chi connectivity index (χ1n) is 8.38. The van der Waals surface area contributed by atoms with Crippen LogP contribution in [-0.2, 0) is 25.6 Å². The maximum atomic E-state index is 12.0. The van der Waals surface area contributed by atoms with Crippen molar-refractivity contribution in [1.29, 1.82) is 0 Å². The van der Waals surface area contributed by atoms with E-state index in [2.05, 4.69) is 28.6 Å². The maximum absolute atomic E-state index is 12.0. The topological polar surface area (TPSA) is 171 Å². The van der Waals surface area contributed by atoms with Crippen molar-refractivity contribution in [1.82, 2.24) is 16.0 Å². The molecule has 3 amide bonds. The predicted molar refractivity (Wildman–Crippen MR) is 104 cm³/mol. The summed E-state index contributed by atoms with van der Waals surface area (Å²) in [5, 5.41) is 25.1. The minimum Gasteiger partial charge on any atom is -0.508 e. The molecule has 0 fully saturated rings. The Kier molecular flexibility index (Phi) is 9.25. The summed E-state index contributed by atoms with van der Waals surface area (Å²) in [6, 6.07) is 3.13. The van der Waals surface area contributed by atoms with Gasteiger partial charge in [-0.05, 0) is 31.0 Å². The van der Waals surface area contributed by atoms with Crippen LogP contribution >= 0.6 is 12.6 Å². The fourth-order valence-corrected chi connectivity index (χ4v) is 2.36. The van der Waals surface area contributed by atoms with Gasteiger partial charge in [0.25, 0.3) is 0 Å². The van der Waals surface area contributed by atoms with Crippen LogP contribution in [0.2, 0.25) is 0 Å². The number of aliphatic carboxylic acids is 1. The number of nitrogens with one attached hydrogen (secondary N) is 3. The van der Waals surface area contributed by atoms with E-state index in [1.807, 2.05) is 0 Å². The molecule has 0 aliphatic heterocycles. The number of carbonyl (C=O) groups excluding carboxylic acids is 3. The van der Waals surface area contributed by atoms with Crippen molar-refractivity contribution in [2.24, 2.45) is 5.73 Å². The molecule has 154 valence electrons. The van der Waals surface area contributed by atoms with Gasteiger partial charge < -0.3 is 31.9 Å². The number of carboxylic acid groups (broad SMARTS) is 1. The molecule has 0 aliphatic carbocycles. The number of amides is 3. The van der Waals surface area contributed by atoms with Crippen molar-refractivity contribution in [2.75, 3.05) is 12.3 Å². The normalized spacial score (nSPS) is 13.7. The number of hydrogen-bond donors (Lipinski definition) is 7. The Bertz CT molecular complexity index is 712. The van der Waals surface area contributed by atoms with Gasteiger partial charge in [-0.2, -0.15) is 12.6 Å². The molecule has 28 heavy (non-hydrogen) atoms. The zero-order chi connectivity index (χ0) is 21.3. The molecule has 1 aromatic carbocycles. The molecule has 7 N–H and O–H groups in total. The van der Waals surface area contributed by atoms with E-state index in [0.29, 0.717) is 0 Å². The Morgan fingerprint density at radius 2 is 1.71 bits per heavy atom. The Labute approximate surface area is 167 Å². The number of phenolic OH excluding ortho intramolecular Hbond substituents is 1. The molecule has 0 saturated carbocycles. The lowest BCUT2D eigenvalue weighted by Gasteiger charge is -2.18. The summed E-state index contributed by atoms with van der Waals surface area (Å²) >= 11 is 3.83. The van der Waals surface area contributed by atoms with Gasteiger partial charge in [0.1, 0.15) is 17.8 Å². The molecule has 1 aromatic rings. The Morgan fingerprint density at radius 1 is 1.11 bits per heavy atom. The van der Waals surface area contributed by atoms with Gasteiger partial charge in [0.2, 0.25) is 17.7 Å². The second-order valence-corrected chi connectivity index (χ2v) is 6.43. The van der Waals surface area contributed by atoms with Gasteiger partial charge in [-0.3, -0.25) is 14.4 Å². The molecule has 1 rings (SSSR count). The number of rotatable bonds is 10. The van der Waals surface area contributed by atoms with Crippen LogP contribution in [0.5, 0.6) is 5.75 Å². The van der Waals surface area contributed by atoms with E-state index in [4.69, 9.17) is 10.8 Å². The fourth-order valence-electron chi connectivity index (χ4n) is 2.12. The average Bonchev–Trinajstić information content (AvgIpc) is 2.65. The number of aromatic hydroxyl groups is 1. The van der Waals surface area contributed by atoms with Crippen molar-refractivity contribution < 1.29 is 29.4 Å². The summed E-state index contributed by atoms with van der Waals surface area (Å²) in [7, 11) is 0. The third-order valence-electron chi connectivity index (χ3n) is 3.72. The number of carbonyl (C=O) groups is 4. The fraction of sp³-hybridized carbons (Fsp3) is 0.412. The predicted octanol–water partition coefficient (Wildman–Crippen LogP) is -1.62. The molecule has 11 heteroatoms. The summed E-state index contributed by atoms with van der Waals surface area (Å²) in [5.74, 6) is -3.12. The summed E-state index contributed by atoms with van der Waals surface area (Å²) in [4.78, 5) is 46.6. The number of hydrogen-bond acceptors (Lipinski definition) is 7. The van der Waals surface area contributed by atoms with Gasteiger partial charge in [0, 0.05) is 5.75 Å². The third kappa shape index (κ3) is 7.84. The number of phenols is 1. The van der Waals surface area contributed by atoms with Crippen LogP contribution < -0.4 is 21.7 Å². The number of nitrogens with two attached hydrogens (primary N) is 1. The van der Waals surface area contributed by atoms with Gasteiger partial charge in [-0.25, -0.2) is 4.79 Å². The summed E-state index contributed by atoms with van der Waals surface area (Å²) in [5.41, 5.74) is 6.53. The number of carboxylic acids is 1. The van der Waals surface area contributed by atoms with E-state index in [-0.39, 0.29) is 17.9 Å². The highest BCUT2D eigenvalue weighted by Crippen LogP contribution is 2.10. The van der Waals surface area contributed by atoms with Crippen molar-refractivity contribution in [2.45, 2.75) is 31.5 Å². The lowest BCUT2D eigenvalue weighted by molar-refractivity contribution is -0.141. The second kappa shape index (κ2) is 11.1. The summed E-state index contributed by atoms with van der Waals surface area (Å²) in [6.45, 7) is 0.984. The molecule has 0 radical (unpaired) electrons. The number of thiol groups is 1. The van der Waals surface area contributed by atoms with Crippen LogP contribution in [0.3, 0.4) is 0 Å². The van der Waals surface area contributed by atoms with Crippen molar-refractivity contribution in [3.63, 3.8) is 0 Å². The number of benzene rings is 1. The van der Waals surface area contributed by atoms with Crippen molar-refractivity contribution >= 4 is 36.3 Å². The molecule has 0 spiro atoms. The van der Waals surface area contributed by atoms with E-state index in [9.17, 15) is 24.3 Å². The van der Waals surface area contributed by atoms with Crippen molar-refractivity contribution in [3.05, 3.63) is 29.8 Å². The highest BCUT2D eigenvalue weighted by Gasteiger charge is 2.23. The molecule has 0 aliphatic rings. The first-order chi connectivity index (χ1) is 13.1. The second-order valence-electron chi connectivity index (χ2n) is 6.07. The monoisotopic (exact) mass is 412 g/mol. The van der Waals surface area contributed by atoms with E-state index in [1.165, 1.54) is 19.1 Å². The summed E-state index contributed by atoms with van der Waals surface area (Å²) < 4.78 is 0. The van der Waals surface area contributed by atoms with Crippen LogP contribution in [0, 0.1) is 0 Å². The zero-order valence-electron chi connectivity index (χ0n) is 15.2. The van der Waals surface area contributed by atoms with E-state index < -0.39 is 48.4 Å². The first-order valence-corrected chi connectivity index (χ1v) is 9.01. The lowest BCUT2D eigenvalue weighted by Crippen LogP contribution is -2.53. The standard InChI is InChI=1S/C17H24N4O6S/c1-9(15(24)21-13(8-28)17(26)27)20-14(23)7-19-16(25)12(18)6-10-2-4-11(22)5-3-10/h2-5,9,12-13,22,28H,6-8,18H2,1H3,(H,19,25)(H,20,23)(H,21,24)(H,26,27). The minimum absolute atomic E-state index is 0.0978. The maximum Gasteiger partial charge on any atom is 0.327 e. The van der Waals surface area contributed by atoms with E-state index in [1.54, 1.807) is 12.1 Å². The Balaban J connectivity index is 2.41. The quantitative estimate of drug-likeness (QED) is 0.226. The first kappa shape index (κ1) is 23.2. The van der Waals surface area contributed by atoms with Gasteiger partial charge in [-0.1, -0.05) is 12.1 Å². The third-order valence-corrected chi connectivity index (χ3v) is 4.08. The highest BCUT2D eigenvalue weighted by atomic mass is 32.1. The minimum atomic E-state index is -1.24. The molecule has 3 atom stereocenters. The molecule has 0 bridgehead atoms. The average molecular weight is 412 g/mol. The van der Waals surface area contributed by atoms with E-state index >= 15 is 0 Å². The Morgan fingerprint density at radius 3 is 2.25 bits per heavy atom. The molecule has 0 saturated heterocycles. The SMILES string of the molecule is CC(NC(=O)CNC(=O)C(N)Cc1ccc(O)cc1)C(=O)NC(CS)C(=O)O. The highest BCUT2D eigenvalue weighted by molar-refractivity contribution is 7.80.